The van der Waals surface area contributed by atoms with Crippen LogP contribution in [0.3, 0.4) is 0 Å². The molecule has 0 aliphatic carbocycles. The summed E-state index contributed by atoms with van der Waals surface area (Å²) in [4.78, 5) is 8.30. The fourth-order valence-corrected chi connectivity index (χ4v) is 4.90. The number of hydrogen-bond donors (Lipinski definition) is 0. The molecule has 0 atom stereocenters. The minimum Gasteiger partial charge on any atom is -0.494 e. The first kappa shape index (κ1) is 17.8. The van der Waals surface area contributed by atoms with Gasteiger partial charge in [-0.15, -0.1) is 11.3 Å². The van der Waals surface area contributed by atoms with Crippen molar-refractivity contribution in [3.63, 3.8) is 0 Å². The molecule has 3 aromatic rings. The third-order valence-electron chi connectivity index (χ3n) is 3.32. The van der Waals surface area contributed by atoms with E-state index >= 15 is 0 Å². The Morgan fingerprint density at radius 3 is 2.64 bits per heavy atom. The Kier molecular flexibility index (Phi) is 5.36. The molecule has 0 aliphatic rings. The molecule has 0 aliphatic heterocycles. The van der Waals surface area contributed by atoms with Crippen LogP contribution in [0, 0.1) is 0 Å². The fourth-order valence-electron chi connectivity index (χ4n) is 2.23. The van der Waals surface area contributed by atoms with Gasteiger partial charge in [-0.1, -0.05) is 11.6 Å². The first-order valence-corrected chi connectivity index (χ1v) is 10.4. The van der Waals surface area contributed by atoms with Gasteiger partial charge in [-0.3, -0.25) is 0 Å². The standard InChI is InChI=1S/C17H15ClN2O3S2/c1-2-23-14-7-5-12(6-8-14)16-20-13(10-24-16)11-25(21,22)17-15(18)4-3-9-19-17/h3-10H,2,11H2,1H3. The van der Waals surface area contributed by atoms with Crippen molar-refractivity contribution in [3.8, 4) is 16.3 Å². The van der Waals surface area contributed by atoms with Gasteiger partial charge in [0.25, 0.3) is 0 Å². The number of ether oxygens (including phenoxy) is 1. The Morgan fingerprint density at radius 2 is 1.96 bits per heavy atom. The van der Waals surface area contributed by atoms with Gasteiger partial charge in [0.05, 0.1) is 23.1 Å². The highest BCUT2D eigenvalue weighted by Crippen LogP contribution is 2.28. The van der Waals surface area contributed by atoms with E-state index in [0.29, 0.717) is 12.3 Å². The van der Waals surface area contributed by atoms with Crippen LogP contribution in [0.1, 0.15) is 12.6 Å². The van der Waals surface area contributed by atoms with E-state index in [2.05, 4.69) is 9.97 Å². The first-order chi connectivity index (χ1) is 12.0. The summed E-state index contributed by atoms with van der Waals surface area (Å²) in [6.07, 6.45) is 1.41. The lowest BCUT2D eigenvalue weighted by Gasteiger charge is -2.04. The van der Waals surface area contributed by atoms with Crippen LogP contribution >= 0.6 is 22.9 Å². The van der Waals surface area contributed by atoms with Gasteiger partial charge in [-0.05, 0) is 43.3 Å². The van der Waals surface area contributed by atoms with Gasteiger partial charge in [-0.2, -0.15) is 0 Å². The predicted molar refractivity (Wildman–Crippen MR) is 98.9 cm³/mol. The highest BCUT2D eigenvalue weighted by molar-refractivity contribution is 7.90. The second-order valence-corrected chi connectivity index (χ2v) is 8.32. The molecule has 0 spiro atoms. The minimum absolute atomic E-state index is 0.115. The number of benzene rings is 1. The zero-order valence-corrected chi connectivity index (χ0v) is 15.7. The normalized spacial score (nSPS) is 11.4. The Bertz CT molecular complexity index is 970. The molecule has 8 heteroatoms. The van der Waals surface area contributed by atoms with Crippen LogP contribution in [0.4, 0.5) is 0 Å². The molecule has 0 fully saturated rings. The minimum atomic E-state index is -3.65. The second kappa shape index (κ2) is 7.51. The van der Waals surface area contributed by atoms with Crippen LogP contribution in [0.15, 0.2) is 53.0 Å². The van der Waals surface area contributed by atoms with Gasteiger partial charge < -0.3 is 4.74 Å². The number of nitrogens with zero attached hydrogens (tertiary/aromatic N) is 2. The van der Waals surface area contributed by atoms with E-state index < -0.39 is 9.84 Å². The summed E-state index contributed by atoms with van der Waals surface area (Å²) in [6, 6.07) is 10.6. The molecule has 0 saturated heterocycles. The number of aromatic nitrogens is 2. The van der Waals surface area contributed by atoms with E-state index in [1.54, 1.807) is 11.4 Å². The highest BCUT2D eigenvalue weighted by atomic mass is 35.5. The molecule has 0 amide bonds. The van der Waals surface area contributed by atoms with Crippen molar-refractivity contribution in [2.75, 3.05) is 6.61 Å². The maximum Gasteiger partial charge on any atom is 0.202 e. The summed E-state index contributed by atoms with van der Waals surface area (Å²) in [6.45, 7) is 2.53. The van der Waals surface area contributed by atoms with E-state index in [-0.39, 0.29) is 15.8 Å². The van der Waals surface area contributed by atoms with E-state index in [9.17, 15) is 8.42 Å². The zero-order chi connectivity index (χ0) is 17.9. The lowest BCUT2D eigenvalue weighted by molar-refractivity contribution is 0.340. The number of hydrogen-bond acceptors (Lipinski definition) is 6. The summed E-state index contributed by atoms with van der Waals surface area (Å²) in [5.74, 6) is 0.549. The molecule has 25 heavy (non-hydrogen) atoms. The van der Waals surface area contributed by atoms with Crippen molar-refractivity contribution >= 4 is 32.8 Å². The van der Waals surface area contributed by atoms with Gasteiger partial charge >= 0.3 is 0 Å². The van der Waals surface area contributed by atoms with Gasteiger partial charge in [0, 0.05) is 17.1 Å². The molecule has 0 radical (unpaired) electrons. The van der Waals surface area contributed by atoms with Crippen molar-refractivity contribution < 1.29 is 13.2 Å². The van der Waals surface area contributed by atoms with Crippen LogP contribution in [-0.2, 0) is 15.6 Å². The van der Waals surface area contributed by atoms with E-state index in [1.165, 1.54) is 23.6 Å². The third kappa shape index (κ3) is 4.18. The molecule has 0 saturated carbocycles. The molecule has 0 N–H and O–H groups in total. The zero-order valence-electron chi connectivity index (χ0n) is 13.3. The quantitative estimate of drug-likeness (QED) is 0.625. The number of halogens is 1. The van der Waals surface area contributed by atoms with E-state index in [4.69, 9.17) is 16.3 Å². The lowest BCUT2D eigenvalue weighted by Crippen LogP contribution is -2.08. The van der Waals surface area contributed by atoms with Crippen molar-refractivity contribution in [3.05, 3.63) is 58.7 Å². The molecule has 130 valence electrons. The SMILES string of the molecule is CCOc1ccc(-c2nc(CS(=O)(=O)c3ncccc3Cl)cs2)cc1. The smallest absolute Gasteiger partial charge is 0.202 e. The van der Waals surface area contributed by atoms with E-state index in [0.717, 1.165) is 16.3 Å². The summed E-state index contributed by atoms with van der Waals surface area (Å²) in [5, 5.41) is 2.48. The molecule has 5 nitrogen and oxygen atoms in total. The Balaban J connectivity index is 1.81. The molecular formula is C17H15ClN2O3S2. The van der Waals surface area contributed by atoms with Gasteiger partial charge in [0.2, 0.25) is 9.84 Å². The molecule has 2 aromatic heterocycles. The van der Waals surface area contributed by atoms with Crippen LogP contribution in [0.2, 0.25) is 5.02 Å². The van der Waals surface area contributed by atoms with Crippen molar-refractivity contribution in [2.45, 2.75) is 17.7 Å². The first-order valence-electron chi connectivity index (χ1n) is 7.50. The van der Waals surface area contributed by atoms with Crippen molar-refractivity contribution in [1.82, 2.24) is 9.97 Å². The van der Waals surface area contributed by atoms with Crippen molar-refractivity contribution in [2.24, 2.45) is 0 Å². The monoisotopic (exact) mass is 394 g/mol. The summed E-state index contributed by atoms with van der Waals surface area (Å²) >= 11 is 7.34. The molecule has 3 rings (SSSR count). The topological polar surface area (TPSA) is 69.2 Å². The van der Waals surface area contributed by atoms with Crippen LogP contribution < -0.4 is 4.74 Å². The Hall–Kier alpha value is -1.96. The number of pyridine rings is 1. The highest BCUT2D eigenvalue weighted by Gasteiger charge is 2.21. The van der Waals surface area contributed by atoms with Crippen LogP contribution in [-0.4, -0.2) is 25.0 Å². The summed E-state index contributed by atoms with van der Waals surface area (Å²) in [7, 11) is -3.65. The number of sulfone groups is 1. The van der Waals surface area contributed by atoms with Gasteiger partial charge in [0.15, 0.2) is 5.03 Å². The second-order valence-electron chi connectivity index (χ2n) is 5.15. The number of rotatable bonds is 6. The van der Waals surface area contributed by atoms with Gasteiger partial charge in [0.1, 0.15) is 10.8 Å². The third-order valence-corrected chi connectivity index (χ3v) is 6.27. The van der Waals surface area contributed by atoms with Crippen LogP contribution in [0.25, 0.3) is 10.6 Å². The average Bonchev–Trinajstić information content (AvgIpc) is 3.04. The maximum atomic E-state index is 12.5. The molecular weight excluding hydrogens is 380 g/mol. The number of thiazole rings is 1. The van der Waals surface area contributed by atoms with Crippen molar-refractivity contribution in [1.29, 1.82) is 0 Å². The molecule has 0 bridgehead atoms. The molecule has 0 unspecified atom stereocenters. The maximum absolute atomic E-state index is 12.5. The van der Waals surface area contributed by atoms with E-state index in [1.807, 2.05) is 31.2 Å². The predicted octanol–water partition coefficient (Wildman–Crippen LogP) is 4.23. The Morgan fingerprint density at radius 1 is 1.20 bits per heavy atom. The Labute approximate surface area is 155 Å². The fraction of sp³-hybridized carbons (Fsp3) is 0.176. The van der Waals surface area contributed by atoms with Crippen LogP contribution in [0.5, 0.6) is 5.75 Å². The summed E-state index contributed by atoms with van der Waals surface area (Å²) < 4.78 is 30.4. The largest absolute Gasteiger partial charge is 0.494 e. The lowest BCUT2D eigenvalue weighted by atomic mass is 10.2. The molecule has 2 heterocycles. The molecule has 1 aromatic carbocycles. The average molecular weight is 395 g/mol. The van der Waals surface area contributed by atoms with Gasteiger partial charge in [-0.25, -0.2) is 18.4 Å². The summed E-state index contributed by atoms with van der Waals surface area (Å²) in [5.41, 5.74) is 1.38.